The second kappa shape index (κ2) is 9.33. The van der Waals surface area contributed by atoms with Crippen LogP contribution in [0.5, 0.6) is 5.75 Å². The number of aromatic nitrogens is 1. The van der Waals surface area contributed by atoms with Crippen LogP contribution in [-0.4, -0.2) is 36.5 Å². The van der Waals surface area contributed by atoms with Crippen LogP contribution >= 0.6 is 11.3 Å². The minimum absolute atomic E-state index is 0.115. The molecule has 0 aliphatic carbocycles. The Balaban J connectivity index is 1.90. The molecule has 0 aliphatic rings. The third-order valence-corrected chi connectivity index (χ3v) is 6.44. The van der Waals surface area contributed by atoms with Gasteiger partial charge in [-0.15, -0.1) is 11.3 Å². The standard InChI is InChI=1S/C24H23N3O4S/c1-31-20-19-21(32-22(20)23(29)26-13-7-12-25)16-10-5-6-11-17(16)27(24(19)30)14-18(28)15-8-3-2-4-9-15/h2-6,8-11H,7,12-14,25H2,1H3,(H,26,29). The molecule has 0 spiro atoms. The molecule has 164 valence electrons. The number of hydrogen-bond acceptors (Lipinski definition) is 6. The highest BCUT2D eigenvalue weighted by molar-refractivity contribution is 7.22. The fraction of sp³-hybridized carbons (Fsp3) is 0.208. The van der Waals surface area contributed by atoms with Gasteiger partial charge in [0.15, 0.2) is 11.5 Å². The van der Waals surface area contributed by atoms with Crippen molar-refractivity contribution in [2.24, 2.45) is 5.73 Å². The van der Waals surface area contributed by atoms with Gasteiger partial charge in [-0.25, -0.2) is 0 Å². The lowest BCUT2D eigenvalue weighted by Crippen LogP contribution is -2.26. The second-order valence-electron chi connectivity index (χ2n) is 7.26. The predicted molar refractivity (Wildman–Crippen MR) is 127 cm³/mol. The highest BCUT2D eigenvalue weighted by Crippen LogP contribution is 2.39. The molecule has 2 heterocycles. The zero-order chi connectivity index (χ0) is 22.7. The number of benzene rings is 2. The Kier molecular flexibility index (Phi) is 6.34. The predicted octanol–water partition coefficient (Wildman–Crippen LogP) is 3.19. The number of nitrogens with one attached hydrogen (secondary N) is 1. The van der Waals surface area contributed by atoms with E-state index < -0.39 is 0 Å². The number of ketones is 1. The van der Waals surface area contributed by atoms with Gasteiger partial charge >= 0.3 is 0 Å². The first-order chi connectivity index (χ1) is 15.6. The Morgan fingerprint density at radius 2 is 1.81 bits per heavy atom. The molecule has 4 aromatic rings. The number of nitrogens with zero attached hydrogens (tertiary/aromatic N) is 1. The number of para-hydroxylation sites is 1. The topological polar surface area (TPSA) is 103 Å². The van der Waals surface area contributed by atoms with E-state index in [4.69, 9.17) is 10.5 Å². The minimum Gasteiger partial charge on any atom is -0.494 e. The Labute approximate surface area is 188 Å². The van der Waals surface area contributed by atoms with E-state index in [2.05, 4.69) is 5.32 Å². The third-order valence-electron chi connectivity index (χ3n) is 5.24. The van der Waals surface area contributed by atoms with Crippen LogP contribution in [0, 0.1) is 0 Å². The van der Waals surface area contributed by atoms with Crippen LogP contribution in [0.4, 0.5) is 0 Å². The van der Waals surface area contributed by atoms with Gasteiger partial charge in [0.1, 0.15) is 10.3 Å². The summed E-state index contributed by atoms with van der Waals surface area (Å²) >= 11 is 1.22. The Bertz CT molecular complexity index is 1360. The van der Waals surface area contributed by atoms with E-state index in [0.29, 0.717) is 45.6 Å². The summed E-state index contributed by atoms with van der Waals surface area (Å²) in [6.07, 6.45) is 0.649. The largest absolute Gasteiger partial charge is 0.494 e. The van der Waals surface area contributed by atoms with E-state index in [0.717, 1.165) is 5.39 Å². The molecule has 0 unspecified atom stereocenters. The van der Waals surface area contributed by atoms with E-state index in [1.807, 2.05) is 30.3 Å². The quantitative estimate of drug-likeness (QED) is 0.318. The molecule has 3 N–H and O–H groups in total. The van der Waals surface area contributed by atoms with E-state index in [-0.39, 0.29) is 29.5 Å². The molecule has 2 aromatic carbocycles. The molecule has 32 heavy (non-hydrogen) atoms. The molecule has 0 saturated carbocycles. The van der Waals surface area contributed by atoms with Gasteiger partial charge < -0.3 is 15.8 Å². The van der Waals surface area contributed by atoms with E-state index in [1.54, 1.807) is 24.3 Å². The van der Waals surface area contributed by atoms with Gasteiger partial charge in [-0.2, -0.15) is 0 Å². The van der Waals surface area contributed by atoms with Crippen LogP contribution in [0.15, 0.2) is 59.4 Å². The van der Waals surface area contributed by atoms with Crippen LogP contribution < -0.4 is 21.3 Å². The van der Waals surface area contributed by atoms with Crippen LogP contribution in [0.25, 0.3) is 21.0 Å². The summed E-state index contributed by atoms with van der Waals surface area (Å²) in [7, 11) is 1.44. The summed E-state index contributed by atoms with van der Waals surface area (Å²) in [5.74, 6) is -0.259. The maximum Gasteiger partial charge on any atom is 0.265 e. The lowest BCUT2D eigenvalue weighted by molar-refractivity contribution is 0.0951. The molecule has 0 aliphatic heterocycles. The zero-order valence-corrected chi connectivity index (χ0v) is 18.4. The molecule has 0 radical (unpaired) electrons. The molecule has 0 bridgehead atoms. The van der Waals surface area contributed by atoms with Crippen molar-refractivity contribution in [2.75, 3.05) is 20.2 Å². The fourth-order valence-electron chi connectivity index (χ4n) is 3.69. The molecule has 0 saturated heterocycles. The van der Waals surface area contributed by atoms with E-state index in [9.17, 15) is 14.4 Å². The molecule has 1 amide bonds. The highest BCUT2D eigenvalue weighted by Gasteiger charge is 2.25. The summed E-state index contributed by atoms with van der Waals surface area (Å²) in [5, 5.41) is 3.91. The molecule has 0 fully saturated rings. The van der Waals surface area contributed by atoms with Gasteiger partial charge in [0, 0.05) is 17.5 Å². The number of pyridine rings is 1. The summed E-state index contributed by atoms with van der Waals surface area (Å²) < 4.78 is 7.65. The Morgan fingerprint density at radius 1 is 1.09 bits per heavy atom. The SMILES string of the molecule is COc1c(C(=O)NCCCN)sc2c1c(=O)n(CC(=O)c1ccccc1)c1ccccc21. The number of hydrogen-bond donors (Lipinski definition) is 2. The van der Waals surface area contributed by atoms with Crippen molar-refractivity contribution < 1.29 is 14.3 Å². The Hall–Kier alpha value is -3.49. The summed E-state index contributed by atoms with van der Waals surface area (Å²) in [4.78, 5) is 39.6. The lowest BCUT2D eigenvalue weighted by Gasteiger charge is -2.11. The number of methoxy groups -OCH3 is 1. The van der Waals surface area contributed by atoms with Crippen molar-refractivity contribution in [3.05, 3.63) is 75.4 Å². The van der Waals surface area contributed by atoms with Gasteiger partial charge in [-0.1, -0.05) is 48.5 Å². The molecule has 0 atom stereocenters. The van der Waals surface area contributed by atoms with Gasteiger partial charge in [0.05, 0.1) is 23.9 Å². The number of carbonyl (C=O) groups excluding carboxylic acids is 2. The number of nitrogens with two attached hydrogens (primary N) is 1. The van der Waals surface area contributed by atoms with E-state index >= 15 is 0 Å². The number of rotatable bonds is 8. The van der Waals surface area contributed by atoms with Gasteiger partial charge in [0.25, 0.3) is 11.5 Å². The van der Waals surface area contributed by atoms with Gasteiger partial charge in [-0.05, 0) is 19.0 Å². The number of fused-ring (bicyclic) bond motifs is 3. The monoisotopic (exact) mass is 449 g/mol. The van der Waals surface area contributed by atoms with Crippen molar-refractivity contribution in [3.63, 3.8) is 0 Å². The molecule has 4 rings (SSSR count). The molecule has 2 aromatic heterocycles. The maximum absolute atomic E-state index is 13.6. The van der Waals surface area contributed by atoms with Crippen LogP contribution in [-0.2, 0) is 6.54 Å². The number of thiophene rings is 1. The third kappa shape index (κ3) is 3.90. The normalized spacial score (nSPS) is 11.1. The second-order valence-corrected chi connectivity index (χ2v) is 8.28. The first-order valence-corrected chi connectivity index (χ1v) is 11.1. The Morgan fingerprint density at radius 3 is 2.53 bits per heavy atom. The van der Waals surface area contributed by atoms with Crippen molar-refractivity contribution in [2.45, 2.75) is 13.0 Å². The van der Waals surface area contributed by atoms with Crippen molar-refractivity contribution in [1.29, 1.82) is 0 Å². The average molecular weight is 450 g/mol. The number of carbonyl (C=O) groups is 2. The molecular weight excluding hydrogens is 426 g/mol. The number of ether oxygens (including phenoxy) is 1. The molecule has 7 nitrogen and oxygen atoms in total. The zero-order valence-electron chi connectivity index (χ0n) is 17.6. The van der Waals surface area contributed by atoms with Crippen molar-refractivity contribution in [1.82, 2.24) is 9.88 Å². The first-order valence-electron chi connectivity index (χ1n) is 10.2. The van der Waals surface area contributed by atoms with Crippen LogP contribution in [0.2, 0.25) is 0 Å². The summed E-state index contributed by atoms with van der Waals surface area (Å²) in [5.41, 5.74) is 6.30. The lowest BCUT2D eigenvalue weighted by atomic mass is 10.1. The number of amides is 1. The molecular formula is C24H23N3O4S. The smallest absolute Gasteiger partial charge is 0.265 e. The summed E-state index contributed by atoms with van der Waals surface area (Å²) in [6.45, 7) is 0.786. The highest BCUT2D eigenvalue weighted by atomic mass is 32.1. The van der Waals surface area contributed by atoms with Crippen molar-refractivity contribution in [3.8, 4) is 5.75 Å². The van der Waals surface area contributed by atoms with Crippen molar-refractivity contribution >= 4 is 44.0 Å². The van der Waals surface area contributed by atoms with Gasteiger partial charge in [0.2, 0.25) is 0 Å². The summed E-state index contributed by atoms with van der Waals surface area (Å²) in [6, 6.07) is 16.2. The average Bonchev–Trinajstić information content (AvgIpc) is 3.22. The van der Waals surface area contributed by atoms with E-state index in [1.165, 1.54) is 23.0 Å². The van der Waals surface area contributed by atoms with Crippen LogP contribution in [0.3, 0.4) is 0 Å². The minimum atomic E-state index is -0.364. The maximum atomic E-state index is 13.6. The number of Topliss-reactive ketones (excluding diaryl/α,β-unsaturated/α-hetero) is 1. The van der Waals surface area contributed by atoms with Gasteiger partial charge in [-0.3, -0.25) is 19.0 Å². The first kappa shape index (κ1) is 21.7. The fourth-order valence-corrected chi connectivity index (χ4v) is 4.90. The molecule has 8 heteroatoms. The van der Waals surface area contributed by atoms with Crippen LogP contribution in [0.1, 0.15) is 26.5 Å².